The van der Waals surface area contributed by atoms with E-state index in [9.17, 15) is 4.79 Å². The van der Waals surface area contributed by atoms with Gasteiger partial charge >= 0.3 is 0 Å². The number of aromatic nitrogens is 3. The van der Waals surface area contributed by atoms with Crippen molar-refractivity contribution in [3.05, 3.63) is 17.3 Å². The topological polar surface area (TPSA) is 119 Å². The molecule has 20 heavy (non-hydrogen) atoms. The summed E-state index contributed by atoms with van der Waals surface area (Å²) < 4.78 is 8.87. The van der Waals surface area contributed by atoms with Crippen LogP contribution >= 0.6 is 11.5 Å². The number of nitrogens with zero attached hydrogens (tertiary/aromatic N) is 3. The van der Waals surface area contributed by atoms with Gasteiger partial charge in [-0.25, -0.2) is 0 Å². The van der Waals surface area contributed by atoms with Gasteiger partial charge in [-0.2, -0.15) is 9.36 Å². The van der Waals surface area contributed by atoms with Crippen LogP contribution in [0.1, 0.15) is 35.9 Å². The normalized spacial score (nSPS) is 10.8. The molecule has 0 atom stereocenters. The summed E-state index contributed by atoms with van der Waals surface area (Å²) in [4.78, 5) is 16.1. The Bertz CT molecular complexity index is 606. The molecule has 0 spiro atoms. The number of anilines is 2. The highest BCUT2D eigenvalue weighted by molar-refractivity contribution is 7.11. The molecule has 4 N–H and O–H groups in total. The Hall–Kier alpha value is -2.16. The van der Waals surface area contributed by atoms with Gasteiger partial charge in [0.2, 0.25) is 5.89 Å². The molecule has 2 aromatic heterocycles. The first-order valence-electron chi connectivity index (χ1n) is 6.06. The summed E-state index contributed by atoms with van der Waals surface area (Å²) in [7, 11) is 0. The fraction of sp³-hybridized carbons (Fsp3) is 0.455. The van der Waals surface area contributed by atoms with Gasteiger partial charge in [0.25, 0.3) is 5.91 Å². The SMILES string of the molecule is Cc1nc(CNc2snc(N)c2C(=O)NC(C)C)no1. The minimum absolute atomic E-state index is 0.0227. The molecule has 2 aromatic rings. The number of nitrogens with one attached hydrogen (secondary N) is 2. The average molecular weight is 296 g/mol. The van der Waals surface area contributed by atoms with Crippen molar-refractivity contribution in [2.24, 2.45) is 0 Å². The second-order valence-electron chi connectivity index (χ2n) is 4.48. The Morgan fingerprint density at radius 2 is 2.25 bits per heavy atom. The van der Waals surface area contributed by atoms with E-state index in [0.717, 1.165) is 11.5 Å². The Morgan fingerprint density at radius 1 is 1.50 bits per heavy atom. The third kappa shape index (κ3) is 3.23. The van der Waals surface area contributed by atoms with E-state index in [1.165, 1.54) is 0 Å². The smallest absolute Gasteiger partial charge is 0.258 e. The standard InChI is InChI=1S/C11H16N6O2S/c1-5(2)14-10(18)8-9(12)17-20-11(8)13-4-7-15-6(3)19-16-7/h5,13H,4H2,1-3H3,(H2,12,17)(H,14,18). The number of amides is 1. The predicted octanol–water partition coefficient (Wildman–Crippen LogP) is 1.17. The molecule has 0 aliphatic carbocycles. The van der Waals surface area contributed by atoms with Crippen molar-refractivity contribution in [1.29, 1.82) is 0 Å². The molecule has 0 unspecified atom stereocenters. The highest BCUT2D eigenvalue weighted by atomic mass is 32.1. The van der Waals surface area contributed by atoms with E-state index in [-0.39, 0.29) is 17.8 Å². The van der Waals surface area contributed by atoms with Crippen molar-refractivity contribution in [3.63, 3.8) is 0 Å². The van der Waals surface area contributed by atoms with Gasteiger partial charge < -0.3 is 20.9 Å². The fourth-order valence-electron chi connectivity index (χ4n) is 1.55. The first-order valence-corrected chi connectivity index (χ1v) is 6.83. The first kappa shape index (κ1) is 14.3. The van der Waals surface area contributed by atoms with Gasteiger partial charge in [-0.1, -0.05) is 5.16 Å². The van der Waals surface area contributed by atoms with Crippen molar-refractivity contribution in [2.75, 3.05) is 11.1 Å². The molecule has 108 valence electrons. The molecule has 0 bridgehead atoms. The predicted molar refractivity (Wildman–Crippen MR) is 75.5 cm³/mol. The number of hydrogen-bond donors (Lipinski definition) is 3. The van der Waals surface area contributed by atoms with Crippen molar-refractivity contribution in [3.8, 4) is 0 Å². The van der Waals surface area contributed by atoms with Crippen molar-refractivity contribution in [1.82, 2.24) is 19.8 Å². The van der Waals surface area contributed by atoms with Crippen molar-refractivity contribution in [2.45, 2.75) is 33.4 Å². The van der Waals surface area contributed by atoms with Crippen LogP contribution in [0.4, 0.5) is 10.8 Å². The third-order valence-electron chi connectivity index (χ3n) is 2.34. The quantitative estimate of drug-likeness (QED) is 0.757. The molecular weight excluding hydrogens is 280 g/mol. The summed E-state index contributed by atoms with van der Waals surface area (Å²) in [5.41, 5.74) is 6.09. The maximum absolute atomic E-state index is 12.1. The number of aryl methyl sites for hydroxylation is 1. The lowest BCUT2D eigenvalue weighted by atomic mass is 10.2. The highest BCUT2D eigenvalue weighted by Crippen LogP contribution is 2.27. The number of nitrogens with two attached hydrogens (primary N) is 1. The molecule has 8 nitrogen and oxygen atoms in total. The zero-order valence-corrected chi connectivity index (χ0v) is 12.2. The van der Waals surface area contributed by atoms with Crippen LogP contribution in [0.3, 0.4) is 0 Å². The van der Waals surface area contributed by atoms with Crippen molar-refractivity contribution >= 4 is 28.3 Å². The molecule has 1 amide bonds. The number of carbonyl (C=O) groups is 1. The third-order valence-corrected chi connectivity index (χ3v) is 3.16. The largest absolute Gasteiger partial charge is 0.382 e. The van der Waals surface area contributed by atoms with E-state index in [4.69, 9.17) is 10.3 Å². The van der Waals surface area contributed by atoms with Gasteiger partial charge in [-0.3, -0.25) is 4.79 Å². The number of rotatable bonds is 5. The van der Waals surface area contributed by atoms with E-state index in [1.807, 2.05) is 13.8 Å². The van der Waals surface area contributed by atoms with Gasteiger partial charge in [0.15, 0.2) is 11.6 Å². The van der Waals surface area contributed by atoms with Crippen molar-refractivity contribution < 1.29 is 9.32 Å². The Morgan fingerprint density at radius 3 is 2.85 bits per heavy atom. The lowest BCUT2D eigenvalue weighted by Crippen LogP contribution is -2.30. The second-order valence-corrected chi connectivity index (χ2v) is 5.26. The molecule has 9 heteroatoms. The lowest BCUT2D eigenvalue weighted by Gasteiger charge is -2.09. The summed E-state index contributed by atoms with van der Waals surface area (Å²) in [6, 6.07) is 0.0227. The molecule has 0 aliphatic rings. The van der Waals surface area contributed by atoms with E-state index in [1.54, 1.807) is 6.92 Å². The van der Waals surface area contributed by atoms with Gasteiger partial charge in [0.1, 0.15) is 10.6 Å². The van der Waals surface area contributed by atoms with Crippen LogP contribution in [-0.4, -0.2) is 26.5 Å². The van der Waals surface area contributed by atoms with E-state index in [2.05, 4.69) is 25.1 Å². The maximum Gasteiger partial charge on any atom is 0.258 e. The van der Waals surface area contributed by atoms with Gasteiger partial charge in [0, 0.05) is 13.0 Å². The Labute approximate surface area is 119 Å². The summed E-state index contributed by atoms with van der Waals surface area (Å²) in [5.74, 6) is 0.950. The van der Waals surface area contributed by atoms with E-state index >= 15 is 0 Å². The minimum atomic E-state index is -0.252. The second kappa shape index (κ2) is 5.87. The van der Waals surface area contributed by atoms with Crippen LogP contribution in [-0.2, 0) is 6.54 Å². The summed E-state index contributed by atoms with van der Waals surface area (Å²) in [6.45, 7) is 5.80. The van der Waals surface area contributed by atoms with Crippen LogP contribution < -0.4 is 16.4 Å². The highest BCUT2D eigenvalue weighted by Gasteiger charge is 2.20. The van der Waals surface area contributed by atoms with Crippen LogP contribution in [0.25, 0.3) is 0 Å². The fourth-order valence-corrected chi connectivity index (χ4v) is 2.26. The van der Waals surface area contributed by atoms with Crippen LogP contribution in [0.15, 0.2) is 4.52 Å². The molecule has 2 rings (SSSR count). The first-order chi connectivity index (χ1) is 9.47. The lowest BCUT2D eigenvalue weighted by molar-refractivity contribution is 0.0945. The van der Waals surface area contributed by atoms with Crippen LogP contribution in [0.2, 0.25) is 0 Å². The molecule has 0 radical (unpaired) electrons. The van der Waals surface area contributed by atoms with Crippen LogP contribution in [0, 0.1) is 6.92 Å². The van der Waals surface area contributed by atoms with Gasteiger partial charge in [-0.15, -0.1) is 0 Å². The summed E-state index contributed by atoms with van der Waals surface area (Å²) in [5, 5.41) is 10.2. The van der Waals surface area contributed by atoms with Gasteiger partial charge in [0.05, 0.1) is 6.54 Å². The summed E-state index contributed by atoms with van der Waals surface area (Å²) >= 11 is 1.12. The molecule has 0 aliphatic heterocycles. The zero-order chi connectivity index (χ0) is 14.7. The maximum atomic E-state index is 12.1. The molecule has 0 saturated carbocycles. The molecular formula is C11H16N6O2S. The summed E-state index contributed by atoms with van der Waals surface area (Å²) in [6.07, 6.45) is 0. The molecule has 0 fully saturated rings. The van der Waals surface area contributed by atoms with Crippen LogP contribution in [0.5, 0.6) is 0 Å². The molecule has 0 saturated heterocycles. The molecule has 0 aromatic carbocycles. The Balaban J connectivity index is 2.10. The number of carbonyl (C=O) groups excluding carboxylic acids is 1. The van der Waals surface area contributed by atoms with Gasteiger partial charge in [-0.05, 0) is 25.4 Å². The average Bonchev–Trinajstić information content (AvgIpc) is 2.92. The Kier molecular flexibility index (Phi) is 4.18. The minimum Gasteiger partial charge on any atom is -0.382 e. The van der Waals surface area contributed by atoms with E-state index < -0.39 is 0 Å². The number of nitrogen functional groups attached to an aromatic ring is 1. The number of hydrogen-bond acceptors (Lipinski definition) is 8. The van der Waals surface area contributed by atoms with E-state index in [0.29, 0.717) is 28.8 Å². The zero-order valence-electron chi connectivity index (χ0n) is 11.4. The molecule has 2 heterocycles. The monoisotopic (exact) mass is 296 g/mol.